The van der Waals surface area contributed by atoms with Gasteiger partial charge in [-0.3, -0.25) is 15.6 Å². The number of benzene rings is 2. The number of rotatable bonds is 4. The molecule has 0 bridgehead atoms. The molecule has 0 aliphatic heterocycles. The van der Waals surface area contributed by atoms with Crippen LogP contribution in [-0.2, 0) is 6.18 Å². The molecule has 2 aromatic carbocycles. The summed E-state index contributed by atoms with van der Waals surface area (Å²) in [7, 11) is 0. The summed E-state index contributed by atoms with van der Waals surface area (Å²) in [5.41, 5.74) is 6.47. The molecule has 0 unspecified atom stereocenters. The fourth-order valence-electron chi connectivity index (χ4n) is 2.68. The minimum Gasteiger partial charge on any atom is -0.298 e. The van der Waals surface area contributed by atoms with Crippen molar-refractivity contribution in [3.8, 4) is 5.69 Å². The highest BCUT2D eigenvalue weighted by Gasteiger charge is 2.33. The van der Waals surface area contributed by atoms with Gasteiger partial charge in [0, 0.05) is 11.3 Å². The molecule has 140 valence electrons. The van der Waals surface area contributed by atoms with E-state index in [1.54, 1.807) is 28.9 Å². The summed E-state index contributed by atoms with van der Waals surface area (Å²) in [5, 5.41) is 4.36. The number of halogens is 3. The minimum atomic E-state index is -4.52. The largest absolute Gasteiger partial charge is 0.418 e. The number of nitrogens with zero attached hydrogens (tertiary/aromatic N) is 2. The molecule has 1 aromatic heterocycles. The number of hydrogen-bond acceptors (Lipinski definition) is 3. The third kappa shape index (κ3) is 4.11. The van der Waals surface area contributed by atoms with Crippen molar-refractivity contribution in [3.05, 3.63) is 77.1 Å². The first kappa shape index (κ1) is 18.5. The highest BCUT2D eigenvalue weighted by atomic mass is 19.4. The number of aryl methyl sites for hydroxylation is 2. The summed E-state index contributed by atoms with van der Waals surface area (Å²) < 4.78 is 40.7. The van der Waals surface area contributed by atoms with E-state index in [-0.39, 0.29) is 5.69 Å². The number of carbonyl (C=O) groups excluding carboxylic acids is 1. The van der Waals surface area contributed by atoms with Crippen LogP contribution in [0.2, 0.25) is 0 Å². The first-order valence-corrected chi connectivity index (χ1v) is 8.12. The van der Waals surface area contributed by atoms with Crippen molar-refractivity contribution >= 4 is 11.6 Å². The lowest BCUT2D eigenvalue weighted by molar-refractivity contribution is -0.137. The number of anilines is 1. The van der Waals surface area contributed by atoms with Gasteiger partial charge >= 0.3 is 6.18 Å². The van der Waals surface area contributed by atoms with E-state index in [9.17, 15) is 18.0 Å². The topological polar surface area (TPSA) is 59.0 Å². The van der Waals surface area contributed by atoms with E-state index in [2.05, 4.69) is 16.0 Å². The zero-order valence-electron chi connectivity index (χ0n) is 14.6. The molecule has 1 heterocycles. The van der Waals surface area contributed by atoms with E-state index in [0.29, 0.717) is 5.56 Å². The van der Waals surface area contributed by atoms with Crippen LogP contribution >= 0.6 is 0 Å². The van der Waals surface area contributed by atoms with E-state index >= 15 is 0 Å². The smallest absolute Gasteiger partial charge is 0.298 e. The van der Waals surface area contributed by atoms with Crippen LogP contribution in [0.5, 0.6) is 0 Å². The van der Waals surface area contributed by atoms with Crippen molar-refractivity contribution in [2.24, 2.45) is 0 Å². The second-order valence-electron chi connectivity index (χ2n) is 6.01. The van der Waals surface area contributed by atoms with Crippen LogP contribution in [-0.4, -0.2) is 15.7 Å². The Morgan fingerprint density at radius 3 is 2.30 bits per heavy atom. The monoisotopic (exact) mass is 374 g/mol. The van der Waals surface area contributed by atoms with Crippen molar-refractivity contribution in [2.45, 2.75) is 20.0 Å². The van der Waals surface area contributed by atoms with Gasteiger partial charge in [-0.1, -0.05) is 12.1 Å². The van der Waals surface area contributed by atoms with Gasteiger partial charge in [-0.2, -0.15) is 18.3 Å². The predicted octanol–water partition coefficient (Wildman–Crippen LogP) is 4.26. The second kappa shape index (κ2) is 7.14. The van der Waals surface area contributed by atoms with Gasteiger partial charge in [0.05, 0.1) is 22.6 Å². The predicted molar refractivity (Wildman–Crippen MR) is 95.6 cm³/mol. The lowest BCUT2D eigenvalue weighted by Crippen LogP contribution is -2.30. The molecule has 3 rings (SSSR count). The summed E-state index contributed by atoms with van der Waals surface area (Å²) in [6.07, 6.45) is -4.52. The zero-order valence-corrected chi connectivity index (χ0v) is 14.6. The summed E-state index contributed by atoms with van der Waals surface area (Å²) >= 11 is 0. The zero-order chi connectivity index (χ0) is 19.6. The van der Waals surface area contributed by atoms with Gasteiger partial charge in [-0.15, -0.1) is 0 Å². The average Bonchev–Trinajstić information content (AvgIpc) is 2.97. The molecule has 0 saturated carbocycles. The summed E-state index contributed by atoms with van der Waals surface area (Å²) in [5.74, 6) is -0.549. The van der Waals surface area contributed by atoms with Crippen LogP contribution in [0.3, 0.4) is 0 Å². The van der Waals surface area contributed by atoms with Crippen LogP contribution in [0.1, 0.15) is 27.3 Å². The van der Waals surface area contributed by atoms with Crippen LogP contribution in [0.4, 0.5) is 18.9 Å². The maximum Gasteiger partial charge on any atom is 0.418 e. The maximum absolute atomic E-state index is 13.0. The van der Waals surface area contributed by atoms with Crippen LogP contribution < -0.4 is 10.9 Å². The highest BCUT2D eigenvalue weighted by Crippen LogP contribution is 2.34. The minimum absolute atomic E-state index is 0.224. The number of para-hydroxylation sites is 1. The Morgan fingerprint density at radius 2 is 1.70 bits per heavy atom. The molecule has 0 aliphatic rings. The van der Waals surface area contributed by atoms with Crippen molar-refractivity contribution in [1.29, 1.82) is 0 Å². The summed E-state index contributed by atoms with van der Waals surface area (Å²) in [6.45, 7) is 3.80. The second-order valence-corrected chi connectivity index (χ2v) is 6.01. The standard InChI is InChI=1S/C19H17F3N4O/c1-12-11-13(2)26(25-12)15-9-7-14(8-10-15)18(27)24-23-17-6-4-3-5-16(17)19(20,21)22/h3-11,23H,1-2H3,(H,24,27). The summed E-state index contributed by atoms with van der Waals surface area (Å²) in [4.78, 5) is 12.2. The molecule has 1 amide bonds. The molecule has 0 aliphatic carbocycles. The van der Waals surface area contributed by atoms with Crippen LogP contribution in [0.15, 0.2) is 54.6 Å². The highest BCUT2D eigenvalue weighted by molar-refractivity contribution is 5.95. The van der Waals surface area contributed by atoms with Crippen molar-refractivity contribution in [2.75, 3.05) is 5.43 Å². The molecule has 0 saturated heterocycles. The van der Waals surface area contributed by atoms with Crippen molar-refractivity contribution in [1.82, 2.24) is 15.2 Å². The van der Waals surface area contributed by atoms with Gasteiger partial charge in [0.1, 0.15) is 0 Å². The van der Waals surface area contributed by atoms with E-state index in [4.69, 9.17) is 0 Å². The molecule has 3 aromatic rings. The van der Waals surface area contributed by atoms with Gasteiger partial charge in [-0.05, 0) is 56.3 Å². The van der Waals surface area contributed by atoms with Crippen molar-refractivity contribution < 1.29 is 18.0 Å². The third-order valence-electron chi connectivity index (χ3n) is 3.93. The molecule has 5 nitrogen and oxygen atoms in total. The summed E-state index contributed by atoms with van der Waals surface area (Å²) in [6, 6.07) is 13.5. The van der Waals surface area contributed by atoms with Gasteiger partial charge < -0.3 is 0 Å². The quantitative estimate of drug-likeness (QED) is 0.671. The molecule has 0 radical (unpaired) electrons. The van der Waals surface area contributed by atoms with E-state index < -0.39 is 17.6 Å². The molecule has 2 N–H and O–H groups in total. The van der Waals surface area contributed by atoms with Crippen LogP contribution in [0, 0.1) is 13.8 Å². The number of aromatic nitrogens is 2. The Bertz CT molecular complexity index is 962. The Morgan fingerprint density at radius 1 is 1.04 bits per heavy atom. The first-order valence-electron chi connectivity index (χ1n) is 8.12. The number of carbonyl (C=O) groups is 1. The molecular formula is C19H17F3N4O. The Labute approximate surface area is 153 Å². The SMILES string of the molecule is Cc1cc(C)n(-c2ccc(C(=O)NNc3ccccc3C(F)(F)F)cc2)n1. The first-order chi connectivity index (χ1) is 12.8. The number of amides is 1. The normalized spacial score (nSPS) is 11.3. The Balaban J connectivity index is 1.72. The van der Waals surface area contributed by atoms with Crippen molar-refractivity contribution in [3.63, 3.8) is 0 Å². The number of hydrazine groups is 1. The lowest BCUT2D eigenvalue weighted by atomic mass is 10.2. The van der Waals surface area contributed by atoms with E-state index in [1.165, 1.54) is 18.2 Å². The molecule has 0 atom stereocenters. The van der Waals surface area contributed by atoms with E-state index in [0.717, 1.165) is 23.1 Å². The van der Waals surface area contributed by atoms with Crippen LogP contribution in [0.25, 0.3) is 5.69 Å². The molecule has 8 heteroatoms. The molecular weight excluding hydrogens is 357 g/mol. The lowest BCUT2D eigenvalue weighted by Gasteiger charge is -2.15. The average molecular weight is 374 g/mol. The third-order valence-corrected chi connectivity index (χ3v) is 3.93. The Kier molecular flexibility index (Phi) is 4.89. The number of hydrogen-bond donors (Lipinski definition) is 2. The van der Waals surface area contributed by atoms with Gasteiger partial charge in [-0.25, -0.2) is 4.68 Å². The number of nitrogens with one attached hydrogen (secondary N) is 2. The van der Waals surface area contributed by atoms with E-state index in [1.807, 2.05) is 19.9 Å². The maximum atomic E-state index is 13.0. The van der Waals surface area contributed by atoms with Gasteiger partial charge in [0.15, 0.2) is 0 Å². The van der Waals surface area contributed by atoms with Gasteiger partial charge in [0.2, 0.25) is 0 Å². The fraction of sp³-hybridized carbons (Fsp3) is 0.158. The molecule has 27 heavy (non-hydrogen) atoms. The van der Waals surface area contributed by atoms with Gasteiger partial charge in [0.25, 0.3) is 5.91 Å². The fourth-order valence-corrected chi connectivity index (χ4v) is 2.68. The Hall–Kier alpha value is -3.29. The molecule has 0 fully saturated rings. The molecule has 0 spiro atoms. The number of alkyl halides is 3.